The summed E-state index contributed by atoms with van der Waals surface area (Å²) < 4.78 is 28.5. The Morgan fingerprint density at radius 2 is 1.53 bits per heavy atom. The Bertz CT molecular complexity index is 1400. The van der Waals surface area contributed by atoms with Crippen LogP contribution in [-0.4, -0.2) is 44.3 Å². The van der Waals surface area contributed by atoms with E-state index in [2.05, 4.69) is 5.32 Å². The number of carbonyl (C=O) groups is 2. The van der Waals surface area contributed by atoms with E-state index >= 15 is 0 Å². The molecule has 3 rings (SSSR count). The number of nitrogens with one attached hydrogen (secondary N) is 1. The van der Waals surface area contributed by atoms with Crippen molar-refractivity contribution in [2.45, 2.75) is 38.3 Å². The van der Waals surface area contributed by atoms with E-state index in [4.69, 9.17) is 34.8 Å². The van der Waals surface area contributed by atoms with E-state index in [1.54, 1.807) is 56.3 Å². The fourth-order valence-electron chi connectivity index (χ4n) is 3.71. The van der Waals surface area contributed by atoms with Gasteiger partial charge in [0.25, 0.3) is 10.0 Å². The quantitative estimate of drug-likeness (QED) is 0.325. The maximum Gasteiger partial charge on any atom is 0.264 e. The number of halogens is 3. The van der Waals surface area contributed by atoms with Crippen molar-refractivity contribution >= 4 is 62.3 Å². The van der Waals surface area contributed by atoms with Gasteiger partial charge in [0.05, 0.1) is 10.6 Å². The van der Waals surface area contributed by atoms with Gasteiger partial charge in [-0.25, -0.2) is 8.42 Å². The summed E-state index contributed by atoms with van der Waals surface area (Å²) in [4.78, 5) is 27.8. The van der Waals surface area contributed by atoms with Gasteiger partial charge in [-0.3, -0.25) is 13.9 Å². The fourth-order valence-corrected chi connectivity index (χ4v) is 5.72. The number of benzene rings is 3. The maximum atomic E-state index is 13.8. The molecule has 0 aromatic heterocycles. The van der Waals surface area contributed by atoms with Gasteiger partial charge < -0.3 is 10.2 Å². The van der Waals surface area contributed by atoms with Crippen LogP contribution in [0.4, 0.5) is 5.69 Å². The van der Waals surface area contributed by atoms with Gasteiger partial charge in [0.15, 0.2) is 0 Å². The van der Waals surface area contributed by atoms with Crippen LogP contribution >= 0.6 is 34.8 Å². The third-order valence-electron chi connectivity index (χ3n) is 5.88. The molecule has 1 N–H and O–H groups in total. The number of anilines is 1. The molecule has 2 amide bonds. The Hall–Kier alpha value is -2.78. The van der Waals surface area contributed by atoms with Crippen molar-refractivity contribution < 1.29 is 18.0 Å². The third-order valence-corrected chi connectivity index (χ3v) is 8.50. The molecule has 3 aromatic carbocycles. The summed E-state index contributed by atoms with van der Waals surface area (Å²) in [5, 5.41) is 3.84. The van der Waals surface area contributed by atoms with Gasteiger partial charge in [-0.05, 0) is 74.9 Å². The number of hydrogen-bond donors (Lipinski definition) is 1. The molecule has 3 aromatic rings. The Morgan fingerprint density at radius 3 is 2.11 bits per heavy atom. The molecule has 11 heteroatoms. The number of carbonyl (C=O) groups excluding carboxylic acids is 2. The summed E-state index contributed by atoms with van der Waals surface area (Å²) in [5.74, 6) is -0.971. The first kappa shape index (κ1) is 29.8. The highest BCUT2D eigenvalue weighted by Gasteiger charge is 2.32. The second-order valence-corrected chi connectivity index (χ2v) is 11.8. The molecule has 0 spiro atoms. The third kappa shape index (κ3) is 7.20. The van der Waals surface area contributed by atoms with Gasteiger partial charge >= 0.3 is 0 Å². The minimum absolute atomic E-state index is 0.0284. The van der Waals surface area contributed by atoms with Gasteiger partial charge in [0.1, 0.15) is 12.6 Å². The lowest BCUT2D eigenvalue weighted by atomic mass is 10.1. The highest BCUT2D eigenvalue weighted by Crippen LogP contribution is 2.27. The van der Waals surface area contributed by atoms with Crippen LogP contribution < -0.4 is 9.62 Å². The lowest BCUT2D eigenvalue weighted by molar-refractivity contribution is -0.139. The second-order valence-electron chi connectivity index (χ2n) is 8.63. The first-order valence-electron chi connectivity index (χ1n) is 11.8. The zero-order chi connectivity index (χ0) is 28.0. The van der Waals surface area contributed by atoms with Crippen LogP contribution in [0.25, 0.3) is 0 Å². The number of hydrogen-bond acceptors (Lipinski definition) is 4. The van der Waals surface area contributed by atoms with Gasteiger partial charge in [0, 0.05) is 28.2 Å². The van der Waals surface area contributed by atoms with E-state index < -0.39 is 28.5 Å². The van der Waals surface area contributed by atoms with Crippen molar-refractivity contribution in [2.75, 3.05) is 17.4 Å². The molecule has 0 aliphatic carbocycles. The molecule has 0 aliphatic rings. The molecule has 0 saturated heterocycles. The molecule has 7 nitrogen and oxygen atoms in total. The SMILES string of the molecule is CCNC(=O)C(C)N(Cc1ccc(Cl)cc1Cl)C(=O)CN(c1ccc(C)cc1)S(=O)(=O)c1ccc(Cl)cc1. The molecule has 0 bridgehead atoms. The number of nitrogens with zero attached hydrogens (tertiary/aromatic N) is 2. The van der Waals surface area contributed by atoms with E-state index in [0.717, 1.165) is 9.87 Å². The van der Waals surface area contributed by atoms with Crippen LogP contribution in [0.5, 0.6) is 0 Å². The molecule has 0 radical (unpaired) electrons. The molecule has 202 valence electrons. The predicted octanol–water partition coefficient (Wildman–Crippen LogP) is 5.70. The number of rotatable bonds is 10. The van der Waals surface area contributed by atoms with Gasteiger partial charge in [-0.2, -0.15) is 0 Å². The van der Waals surface area contributed by atoms with Crippen LogP contribution in [0, 0.1) is 6.92 Å². The lowest BCUT2D eigenvalue weighted by Crippen LogP contribution is -2.51. The van der Waals surface area contributed by atoms with Crippen LogP contribution in [-0.2, 0) is 26.2 Å². The van der Waals surface area contributed by atoms with E-state index in [1.165, 1.54) is 29.2 Å². The average Bonchev–Trinajstić information content (AvgIpc) is 2.87. The summed E-state index contributed by atoms with van der Waals surface area (Å²) >= 11 is 18.4. The van der Waals surface area contributed by atoms with Crippen molar-refractivity contribution in [1.29, 1.82) is 0 Å². The number of sulfonamides is 1. The van der Waals surface area contributed by atoms with Crippen molar-refractivity contribution in [3.63, 3.8) is 0 Å². The summed E-state index contributed by atoms with van der Waals surface area (Å²) in [6.07, 6.45) is 0. The number of likely N-dealkylation sites (N-methyl/N-ethyl adjacent to an activating group) is 1. The van der Waals surface area contributed by atoms with Crippen molar-refractivity contribution in [1.82, 2.24) is 10.2 Å². The molecule has 38 heavy (non-hydrogen) atoms. The largest absolute Gasteiger partial charge is 0.355 e. The first-order valence-corrected chi connectivity index (χ1v) is 14.4. The Balaban J connectivity index is 2.04. The monoisotopic (exact) mass is 595 g/mol. The molecule has 1 unspecified atom stereocenters. The molecular formula is C27H28Cl3N3O4S. The van der Waals surface area contributed by atoms with Gasteiger partial charge in [0.2, 0.25) is 11.8 Å². The first-order chi connectivity index (χ1) is 17.9. The zero-order valence-corrected chi connectivity index (χ0v) is 24.2. The number of aryl methyl sites for hydroxylation is 1. The zero-order valence-electron chi connectivity index (χ0n) is 21.1. The molecular weight excluding hydrogens is 569 g/mol. The standard InChI is InChI=1S/C27H28Cl3N3O4S/c1-4-31-27(35)19(3)32(16-20-7-8-22(29)15-25(20)30)26(34)17-33(23-11-5-18(2)6-12-23)38(36,37)24-13-9-21(28)10-14-24/h5-15,19H,4,16-17H2,1-3H3,(H,31,35). The molecule has 1 atom stereocenters. The molecule has 0 aliphatic heterocycles. The topological polar surface area (TPSA) is 86.8 Å². The van der Waals surface area contributed by atoms with Crippen molar-refractivity contribution in [2.24, 2.45) is 0 Å². The van der Waals surface area contributed by atoms with E-state index in [-0.39, 0.29) is 17.3 Å². The molecule has 0 saturated carbocycles. The van der Waals surface area contributed by atoms with Crippen molar-refractivity contribution in [3.8, 4) is 0 Å². The Kier molecular flexibility index (Phi) is 10.1. The minimum atomic E-state index is -4.17. The Morgan fingerprint density at radius 1 is 0.921 bits per heavy atom. The normalized spacial score (nSPS) is 12.1. The average molecular weight is 597 g/mol. The van der Waals surface area contributed by atoms with Crippen LogP contribution in [0.1, 0.15) is 25.0 Å². The van der Waals surface area contributed by atoms with E-state index in [1.807, 2.05) is 6.92 Å². The summed E-state index contributed by atoms with van der Waals surface area (Å²) in [6.45, 7) is 5.01. The smallest absolute Gasteiger partial charge is 0.264 e. The van der Waals surface area contributed by atoms with Crippen LogP contribution in [0.15, 0.2) is 71.6 Å². The molecule has 0 heterocycles. The van der Waals surface area contributed by atoms with E-state index in [0.29, 0.717) is 32.9 Å². The molecule has 0 fully saturated rings. The highest BCUT2D eigenvalue weighted by molar-refractivity contribution is 7.92. The summed E-state index contributed by atoms with van der Waals surface area (Å²) in [5.41, 5.74) is 1.78. The second kappa shape index (κ2) is 12.8. The predicted molar refractivity (Wildman–Crippen MR) is 152 cm³/mol. The van der Waals surface area contributed by atoms with Crippen LogP contribution in [0.2, 0.25) is 15.1 Å². The fraction of sp³-hybridized carbons (Fsp3) is 0.259. The summed E-state index contributed by atoms with van der Waals surface area (Å²) in [6, 6.07) is 16.4. The number of amides is 2. The van der Waals surface area contributed by atoms with Crippen molar-refractivity contribution in [3.05, 3.63) is 92.9 Å². The summed E-state index contributed by atoms with van der Waals surface area (Å²) in [7, 11) is -4.17. The van der Waals surface area contributed by atoms with Crippen LogP contribution in [0.3, 0.4) is 0 Å². The lowest BCUT2D eigenvalue weighted by Gasteiger charge is -2.32. The van der Waals surface area contributed by atoms with E-state index in [9.17, 15) is 18.0 Å². The van der Waals surface area contributed by atoms with Gasteiger partial charge in [-0.15, -0.1) is 0 Å². The maximum absolute atomic E-state index is 13.8. The Labute approximate surface area is 238 Å². The van der Waals surface area contributed by atoms with Gasteiger partial charge in [-0.1, -0.05) is 58.6 Å². The minimum Gasteiger partial charge on any atom is -0.355 e. The highest BCUT2D eigenvalue weighted by atomic mass is 35.5.